The van der Waals surface area contributed by atoms with Gasteiger partial charge in [0.2, 0.25) is 0 Å². The molecule has 0 radical (unpaired) electrons. The topological polar surface area (TPSA) is 17.1 Å². The Bertz CT molecular complexity index is 737. The summed E-state index contributed by atoms with van der Waals surface area (Å²) in [7, 11) is 0. The van der Waals surface area contributed by atoms with Crippen LogP contribution in [0.1, 0.15) is 6.92 Å². The van der Waals surface area contributed by atoms with Gasteiger partial charge in [0, 0.05) is 0 Å². The van der Waals surface area contributed by atoms with E-state index in [4.69, 9.17) is 0 Å². The molecule has 0 amide bonds. The molecule has 0 unspecified atom stereocenters. The maximum Gasteiger partial charge on any atom is 0.152 e. The predicted molar refractivity (Wildman–Crippen MR) is 90.3 cm³/mol. The van der Waals surface area contributed by atoms with Gasteiger partial charge in [-0.25, -0.2) is 0 Å². The van der Waals surface area contributed by atoms with Crippen molar-refractivity contribution >= 4 is 16.6 Å². The van der Waals surface area contributed by atoms with E-state index < -0.39 is 0 Å². The molecule has 0 aliphatic heterocycles. The Morgan fingerprint density at radius 1 is 0.857 bits per heavy atom. The van der Waals surface area contributed by atoms with Crippen molar-refractivity contribution in [1.29, 1.82) is 0 Å². The first-order valence-electron chi connectivity index (χ1n) is 6.88. The van der Waals surface area contributed by atoms with Gasteiger partial charge in [-0.05, 0) is 34.9 Å². The van der Waals surface area contributed by atoms with E-state index in [1.807, 2.05) is 0 Å². The zero-order valence-corrected chi connectivity index (χ0v) is 12.1. The molecule has 0 bridgehead atoms. The van der Waals surface area contributed by atoms with E-state index >= 15 is 0 Å². The summed E-state index contributed by atoms with van der Waals surface area (Å²) in [4.78, 5) is 9.69. The molecule has 104 valence electrons. The summed E-state index contributed by atoms with van der Waals surface area (Å²) < 4.78 is 0. The number of ketones is 1. The van der Waals surface area contributed by atoms with Crippen molar-refractivity contribution in [1.82, 2.24) is 0 Å². The Labute approximate surface area is 125 Å². The highest BCUT2D eigenvalue weighted by Crippen LogP contribution is 2.27. The van der Waals surface area contributed by atoms with E-state index in [0.717, 1.165) is 0 Å². The van der Waals surface area contributed by atoms with Crippen LogP contribution in [0.15, 0.2) is 85.5 Å². The highest BCUT2D eigenvalue weighted by Gasteiger charge is 2.01. The van der Waals surface area contributed by atoms with Crippen molar-refractivity contribution in [2.45, 2.75) is 6.92 Å². The number of hydrogen-bond acceptors (Lipinski definition) is 1. The lowest BCUT2D eigenvalue weighted by molar-refractivity contribution is -0.112. The second-order valence-corrected chi connectivity index (χ2v) is 4.71. The molecule has 3 aromatic rings. The molecule has 0 atom stereocenters. The summed E-state index contributed by atoms with van der Waals surface area (Å²) in [6.45, 7) is 4.68. The molecule has 0 saturated heterocycles. The molecule has 0 spiro atoms. The Morgan fingerprint density at radius 2 is 1.43 bits per heavy atom. The first-order valence-corrected chi connectivity index (χ1v) is 6.88. The fourth-order valence-corrected chi connectivity index (χ4v) is 2.09. The maximum absolute atomic E-state index is 9.69. The Balaban J connectivity index is 0.000000282. The van der Waals surface area contributed by atoms with E-state index in [1.54, 1.807) is 0 Å². The van der Waals surface area contributed by atoms with Crippen LogP contribution in [-0.4, -0.2) is 5.78 Å². The summed E-state index contributed by atoms with van der Waals surface area (Å²) in [6, 6.07) is 25.5. The molecule has 0 aliphatic carbocycles. The predicted octanol–water partition coefficient (Wildman–Crippen LogP) is 5.27. The largest absolute Gasteiger partial charge is 0.295 e. The van der Waals surface area contributed by atoms with Gasteiger partial charge in [-0.15, -0.1) is 0 Å². The van der Waals surface area contributed by atoms with Crippen LogP contribution in [0.2, 0.25) is 0 Å². The summed E-state index contributed by atoms with van der Waals surface area (Å²) in [6.07, 6.45) is 1.28. The zero-order valence-electron chi connectivity index (χ0n) is 12.1. The molecule has 0 saturated carbocycles. The highest BCUT2D eigenvalue weighted by molar-refractivity contribution is 5.96. The third kappa shape index (κ3) is 3.90. The number of fused-ring (bicyclic) bond motifs is 1. The Hall–Kier alpha value is -2.67. The fraction of sp³-hybridized carbons (Fsp3) is 0.0500. The molecule has 0 heterocycles. The van der Waals surface area contributed by atoms with E-state index in [1.165, 1.54) is 34.9 Å². The molecule has 0 fully saturated rings. The minimum absolute atomic E-state index is 0.0185. The van der Waals surface area contributed by atoms with Gasteiger partial charge in [0.15, 0.2) is 5.78 Å². The lowest BCUT2D eigenvalue weighted by Gasteiger charge is -2.06. The number of allylic oxidation sites excluding steroid dienone is 1. The van der Waals surface area contributed by atoms with Crippen LogP contribution in [0.3, 0.4) is 0 Å². The van der Waals surface area contributed by atoms with Crippen molar-refractivity contribution in [2.75, 3.05) is 0 Å². The van der Waals surface area contributed by atoms with Crippen LogP contribution in [0.5, 0.6) is 0 Å². The second kappa shape index (κ2) is 7.20. The Morgan fingerprint density at radius 3 is 2.10 bits per heavy atom. The van der Waals surface area contributed by atoms with Gasteiger partial charge in [-0.1, -0.05) is 79.4 Å². The molecule has 3 aromatic carbocycles. The van der Waals surface area contributed by atoms with E-state index in [2.05, 4.69) is 79.4 Å². The lowest BCUT2D eigenvalue weighted by atomic mass is 9.98. The standard InChI is InChI=1S/C16H12.C4H6O/c1-2-7-13(8-3-1)16-12-6-10-14-9-4-5-11-15(14)16;1-3-4(2)5/h1-12H;3H,1H2,2H3. The zero-order chi connectivity index (χ0) is 15.1. The first kappa shape index (κ1) is 14.7. The number of carbonyl (C=O) groups is 1. The van der Waals surface area contributed by atoms with Gasteiger partial charge in [0.1, 0.15) is 0 Å². The van der Waals surface area contributed by atoms with Crippen molar-refractivity contribution in [3.63, 3.8) is 0 Å². The van der Waals surface area contributed by atoms with Crippen LogP contribution in [0.25, 0.3) is 21.9 Å². The molecular weight excluding hydrogens is 256 g/mol. The van der Waals surface area contributed by atoms with E-state index in [-0.39, 0.29) is 5.78 Å². The highest BCUT2D eigenvalue weighted by atomic mass is 16.1. The number of carbonyl (C=O) groups excluding carboxylic acids is 1. The normalized spacial score (nSPS) is 9.57. The number of benzene rings is 3. The quantitative estimate of drug-likeness (QED) is 0.582. The van der Waals surface area contributed by atoms with Crippen LogP contribution >= 0.6 is 0 Å². The SMILES string of the molecule is C=CC(C)=O.c1ccc(-c2cccc3ccccc23)cc1. The van der Waals surface area contributed by atoms with Crippen molar-refractivity contribution < 1.29 is 4.79 Å². The molecular formula is C20H18O. The number of hydrogen-bond donors (Lipinski definition) is 0. The third-order valence-corrected chi connectivity index (χ3v) is 3.16. The summed E-state index contributed by atoms with van der Waals surface area (Å²) in [5.41, 5.74) is 2.58. The van der Waals surface area contributed by atoms with Crippen LogP contribution in [0, 0.1) is 0 Å². The van der Waals surface area contributed by atoms with Gasteiger partial charge in [-0.2, -0.15) is 0 Å². The third-order valence-electron chi connectivity index (χ3n) is 3.16. The molecule has 0 aromatic heterocycles. The van der Waals surface area contributed by atoms with Gasteiger partial charge in [-0.3, -0.25) is 4.79 Å². The van der Waals surface area contributed by atoms with Gasteiger partial charge >= 0.3 is 0 Å². The minimum atomic E-state index is 0.0185. The average Bonchev–Trinajstić information content (AvgIpc) is 2.55. The number of rotatable bonds is 2. The monoisotopic (exact) mass is 274 g/mol. The molecule has 3 rings (SSSR count). The molecule has 1 heteroatoms. The fourth-order valence-electron chi connectivity index (χ4n) is 2.09. The Kier molecular flexibility index (Phi) is 5.05. The van der Waals surface area contributed by atoms with Crippen LogP contribution < -0.4 is 0 Å². The summed E-state index contributed by atoms with van der Waals surface area (Å²) >= 11 is 0. The lowest BCUT2D eigenvalue weighted by Crippen LogP contribution is -1.79. The average molecular weight is 274 g/mol. The summed E-state index contributed by atoms with van der Waals surface area (Å²) in [5, 5.41) is 2.61. The van der Waals surface area contributed by atoms with Crippen LogP contribution in [0.4, 0.5) is 0 Å². The minimum Gasteiger partial charge on any atom is -0.295 e. The maximum atomic E-state index is 9.69. The van der Waals surface area contributed by atoms with Crippen molar-refractivity contribution in [2.24, 2.45) is 0 Å². The summed E-state index contributed by atoms with van der Waals surface area (Å²) in [5.74, 6) is 0.0185. The molecule has 1 nitrogen and oxygen atoms in total. The van der Waals surface area contributed by atoms with Gasteiger partial charge in [0.05, 0.1) is 0 Å². The van der Waals surface area contributed by atoms with Gasteiger partial charge < -0.3 is 0 Å². The van der Waals surface area contributed by atoms with Crippen molar-refractivity contribution in [3.8, 4) is 11.1 Å². The molecule has 21 heavy (non-hydrogen) atoms. The van der Waals surface area contributed by atoms with E-state index in [9.17, 15) is 4.79 Å². The first-order chi connectivity index (χ1) is 10.2. The molecule has 0 aliphatic rings. The molecule has 0 N–H and O–H groups in total. The van der Waals surface area contributed by atoms with E-state index in [0.29, 0.717) is 0 Å². The van der Waals surface area contributed by atoms with Crippen LogP contribution in [-0.2, 0) is 4.79 Å². The van der Waals surface area contributed by atoms with Crippen molar-refractivity contribution in [3.05, 3.63) is 85.5 Å². The van der Waals surface area contributed by atoms with Gasteiger partial charge in [0.25, 0.3) is 0 Å². The smallest absolute Gasteiger partial charge is 0.152 e. The second-order valence-electron chi connectivity index (χ2n) is 4.71.